The molecule has 0 amide bonds. The minimum atomic E-state index is -0.666. The largest absolute Gasteiger partial charge is 0.480 e. The van der Waals surface area contributed by atoms with E-state index in [0.29, 0.717) is 18.9 Å². The van der Waals surface area contributed by atoms with E-state index >= 15 is 0 Å². The summed E-state index contributed by atoms with van der Waals surface area (Å²) in [7, 11) is 0. The number of aliphatic carboxylic acids is 1. The summed E-state index contributed by atoms with van der Waals surface area (Å²) in [5, 5.41) is 9.50. The maximum atomic E-state index is 11.5. The third kappa shape index (κ3) is 2.80. The maximum Gasteiger partial charge on any atom is 0.324 e. The molecule has 1 heterocycles. The van der Waals surface area contributed by atoms with Gasteiger partial charge >= 0.3 is 5.97 Å². The van der Waals surface area contributed by atoms with Gasteiger partial charge in [-0.05, 0) is 26.7 Å². The highest BCUT2D eigenvalue weighted by atomic mass is 16.4. The Labute approximate surface area is 105 Å². The first-order valence-corrected chi connectivity index (χ1v) is 6.70. The first kappa shape index (κ1) is 14.5. The van der Waals surface area contributed by atoms with E-state index in [2.05, 4.69) is 23.6 Å². The summed E-state index contributed by atoms with van der Waals surface area (Å²) < 4.78 is 0. The summed E-state index contributed by atoms with van der Waals surface area (Å²) in [6.07, 6.45) is 1.36. The molecule has 0 unspecified atom stereocenters. The van der Waals surface area contributed by atoms with E-state index in [0.717, 1.165) is 26.2 Å². The van der Waals surface area contributed by atoms with Crippen molar-refractivity contribution >= 4 is 5.97 Å². The van der Waals surface area contributed by atoms with Gasteiger partial charge in [0.15, 0.2) is 0 Å². The first-order valence-electron chi connectivity index (χ1n) is 6.70. The van der Waals surface area contributed by atoms with Gasteiger partial charge < -0.3 is 5.11 Å². The molecule has 1 aliphatic heterocycles. The monoisotopic (exact) mass is 242 g/mol. The van der Waals surface area contributed by atoms with Gasteiger partial charge in [0, 0.05) is 32.2 Å². The smallest absolute Gasteiger partial charge is 0.324 e. The Morgan fingerprint density at radius 1 is 1.18 bits per heavy atom. The van der Waals surface area contributed by atoms with Crippen LogP contribution in [0.2, 0.25) is 0 Å². The van der Waals surface area contributed by atoms with Crippen molar-refractivity contribution in [1.29, 1.82) is 0 Å². The van der Waals surface area contributed by atoms with Gasteiger partial charge in [-0.3, -0.25) is 14.6 Å². The lowest BCUT2D eigenvalue weighted by atomic mass is 9.90. The molecule has 0 saturated carbocycles. The van der Waals surface area contributed by atoms with Crippen molar-refractivity contribution in [3.8, 4) is 0 Å². The Hall–Kier alpha value is -0.610. The van der Waals surface area contributed by atoms with Crippen LogP contribution in [0.25, 0.3) is 0 Å². The van der Waals surface area contributed by atoms with E-state index in [1.54, 1.807) is 0 Å². The molecule has 100 valence electrons. The van der Waals surface area contributed by atoms with Gasteiger partial charge in [0.1, 0.15) is 5.54 Å². The van der Waals surface area contributed by atoms with E-state index in [-0.39, 0.29) is 0 Å². The standard InChI is InChI=1S/C13H26N2O2/c1-5-13(6-2,12(16)17)15-9-7-14(8-10-15)11(3)4/h11H,5-10H2,1-4H3,(H,16,17). The second-order valence-electron chi connectivity index (χ2n) is 5.16. The fourth-order valence-corrected chi connectivity index (χ4v) is 2.80. The van der Waals surface area contributed by atoms with Crippen LogP contribution in [0.1, 0.15) is 40.5 Å². The van der Waals surface area contributed by atoms with E-state index in [1.807, 2.05) is 13.8 Å². The molecule has 0 spiro atoms. The molecule has 17 heavy (non-hydrogen) atoms. The molecule has 1 aliphatic rings. The summed E-state index contributed by atoms with van der Waals surface area (Å²) in [5.74, 6) is -0.666. The van der Waals surface area contributed by atoms with Crippen molar-refractivity contribution in [2.75, 3.05) is 26.2 Å². The molecule has 0 atom stereocenters. The predicted octanol–water partition coefficient (Wildman–Crippen LogP) is 1.66. The lowest BCUT2D eigenvalue weighted by Crippen LogP contribution is -2.61. The molecule has 0 aromatic rings. The van der Waals surface area contributed by atoms with Gasteiger partial charge in [0.2, 0.25) is 0 Å². The van der Waals surface area contributed by atoms with Gasteiger partial charge in [0.25, 0.3) is 0 Å². The number of carboxylic acid groups (broad SMARTS) is 1. The van der Waals surface area contributed by atoms with Crippen LogP contribution in [0.5, 0.6) is 0 Å². The average molecular weight is 242 g/mol. The summed E-state index contributed by atoms with van der Waals surface area (Å²) in [6, 6.07) is 0.555. The molecule has 0 bridgehead atoms. The fraction of sp³-hybridized carbons (Fsp3) is 0.923. The van der Waals surface area contributed by atoms with Gasteiger partial charge in [-0.1, -0.05) is 13.8 Å². The second-order valence-corrected chi connectivity index (χ2v) is 5.16. The van der Waals surface area contributed by atoms with Crippen molar-refractivity contribution < 1.29 is 9.90 Å². The second kappa shape index (κ2) is 5.83. The van der Waals surface area contributed by atoms with Crippen molar-refractivity contribution in [1.82, 2.24) is 9.80 Å². The van der Waals surface area contributed by atoms with Crippen LogP contribution >= 0.6 is 0 Å². The first-order chi connectivity index (χ1) is 7.97. The van der Waals surface area contributed by atoms with Crippen LogP contribution in [-0.4, -0.2) is 58.6 Å². The van der Waals surface area contributed by atoms with Crippen LogP contribution < -0.4 is 0 Å². The van der Waals surface area contributed by atoms with E-state index in [9.17, 15) is 9.90 Å². The zero-order valence-corrected chi connectivity index (χ0v) is 11.6. The molecule has 4 heteroatoms. The van der Waals surface area contributed by atoms with Crippen LogP contribution in [0.15, 0.2) is 0 Å². The van der Waals surface area contributed by atoms with Crippen LogP contribution in [0.3, 0.4) is 0 Å². The highest BCUT2D eigenvalue weighted by molar-refractivity contribution is 5.78. The number of hydrogen-bond donors (Lipinski definition) is 1. The molecule has 1 saturated heterocycles. The normalized spacial score (nSPS) is 19.8. The molecular weight excluding hydrogens is 216 g/mol. The summed E-state index contributed by atoms with van der Waals surface area (Å²) in [4.78, 5) is 16.1. The fourth-order valence-electron chi connectivity index (χ4n) is 2.80. The Balaban J connectivity index is 2.71. The van der Waals surface area contributed by atoms with Crippen LogP contribution in [0.4, 0.5) is 0 Å². The zero-order valence-electron chi connectivity index (χ0n) is 11.6. The number of carbonyl (C=O) groups is 1. The van der Waals surface area contributed by atoms with Gasteiger partial charge in [0.05, 0.1) is 0 Å². The number of carboxylic acids is 1. The highest BCUT2D eigenvalue weighted by Gasteiger charge is 2.42. The Morgan fingerprint density at radius 2 is 1.65 bits per heavy atom. The third-order valence-corrected chi connectivity index (χ3v) is 4.22. The number of rotatable bonds is 5. The quantitative estimate of drug-likeness (QED) is 0.796. The molecule has 0 aromatic heterocycles. The van der Waals surface area contributed by atoms with Crippen molar-refractivity contribution in [3.63, 3.8) is 0 Å². The number of nitrogens with zero attached hydrogens (tertiary/aromatic N) is 2. The minimum absolute atomic E-state index is 0.555. The van der Waals surface area contributed by atoms with Crippen molar-refractivity contribution in [3.05, 3.63) is 0 Å². The molecule has 1 N–H and O–H groups in total. The SMILES string of the molecule is CCC(CC)(C(=O)O)N1CCN(C(C)C)CC1. The molecule has 0 aliphatic carbocycles. The molecule has 0 aromatic carbocycles. The highest BCUT2D eigenvalue weighted by Crippen LogP contribution is 2.26. The maximum absolute atomic E-state index is 11.5. The minimum Gasteiger partial charge on any atom is -0.480 e. The molecule has 1 rings (SSSR count). The third-order valence-electron chi connectivity index (χ3n) is 4.22. The van der Waals surface area contributed by atoms with Crippen molar-refractivity contribution in [2.45, 2.75) is 52.1 Å². The van der Waals surface area contributed by atoms with Crippen LogP contribution in [0, 0.1) is 0 Å². The summed E-state index contributed by atoms with van der Waals surface area (Å²) in [5.41, 5.74) is -0.650. The number of piperazine rings is 1. The number of hydrogen-bond acceptors (Lipinski definition) is 3. The Kier molecular flexibility index (Phi) is 4.95. The molecule has 1 fully saturated rings. The topological polar surface area (TPSA) is 43.8 Å². The summed E-state index contributed by atoms with van der Waals surface area (Å²) in [6.45, 7) is 12.0. The molecule has 4 nitrogen and oxygen atoms in total. The lowest BCUT2D eigenvalue weighted by Gasteiger charge is -2.45. The van der Waals surface area contributed by atoms with Gasteiger partial charge in [-0.25, -0.2) is 0 Å². The van der Waals surface area contributed by atoms with E-state index in [4.69, 9.17) is 0 Å². The lowest BCUT2D eigenvalue weighted by molar-refractivity contribution is -0.154. The summed E-state index contributed by atoms with van der Waals surface area (Å²) >= 11 is 0. The van der Waals surface area contributed by atoms with E-state index < -0.39 is 11.5 Å². The van der Waals surface area contributed by atoms with Gasteiger partial charge in [-0.2, -0.15) is 0 Å². The Bertz CT molecular complexity index is 254. The predicted molar refractivity (Wildman–Crippen MR) is 69.2 cm³/mol. The Morgan fingerprint density at radius 3 is 1.94 bits per heavy atom. The van der Waals surface area contributed by atoms with Gasteiger partial charge in [-0.15, -0.1) is 0 Å². The van der Waals surface area contributed by atoms with E-state index in [1.165, 1.54) is 0 Å². The van der Waals surface area contributed by atoms with Crippen molar-refractivity contribution in [2.24, 2.45) is 0 Å². The van der Waals surface area contributed by atoms with Crippen LogP contribution in [-0.2, 0) is 4.79 Å². The zero-order chi connectivity index (χ0) is 13.1. The molecular formula is C13H26N2O2. The molecule has 0 radical (unpaired) electrons. The average Bonchev–Trinajstić information content (AvgIpc) is 2.31.